The fourth-order valence-electron chi connectivity index (χ4n) is 1.24. The van der Waals surface area contributed by atoms with Crippen LogP contribution < -0.4 is 21.5 Å². The monoisotopic (exact) mass is 241 g/mol. The van der Waals surface area contributed by atoms with Crippen LogP contribution in [0.15, 0.2) is 12.1 Å². The number of methoxy groups -OCH3 is 1. The average Bonchev–Trinajstić information content (AvgIpc) is 2.21. The van der Waals surface area contributed by atoms with Gasteiger partial charge >= 0.3 is 0 Å². The highest BCUT2D eigenvalue weighted by molar-refractivity contribution is 5.87. The second kappa shape index (κ2) is 4.48. The van der Waals surface area contributed by atoms with Crippen LogP contribution in [0, 0.1) is 5.82 Å². The van der Waals surface area contributed by atoms with Gasteiger partial charge in [0.25, 0.3) is 0 Å². The predicted octanol–water partition coefficient (Wildman–Crippen LogP) is 1.09. The molecule has 0 bridgehead atoms. The molecule has 0 fully saturated rings. The van der Waals surface area contributed by atoms with E-state index in [1.165, 1.54) is 13.2 Å². The number of ether oxygens (including phenoxy) is 1. The molecule has 0 spiro atoms. The van der Waals surface area contributed by atoms with Crippen molar-refractivity contribution in [3.05, 3.63) is 17.9 Å². The van der Waals surface area contributed by atoms with E-state index >= 15 is 0 Å². The molecule has 6 heteroatoms. The molecule has 0 unspecified atom stereocenters. The topological polar surface area (TPSA) is 90.4 Å². The first-order valence-corrected chi connectivity index (χ1v) is 4.99. The number of anilines is 2. The van der Waals surface area contributed by atoms with Crippen molar-refractivity contribution in [2.24, 2.45) is 5.73 Å². The van der Waals surface area contributed by atoms with E-state index in [1.54, 1.807) is 13.8 Å². The molecule has 0 aliphatic heterocycles. The van der Waals surface area contributed by atoms with Crippen LogP contribution in [0.4, 0.5) is 15.8 Å². The Kier molecular flexibility index (Phi) is 3.45. The van der Waals surface area contributed by atoms with Gasteiger partial charge in [0.2, 0.25) is 5.91 Å². The summed E-state index contributed by atoms with van der Waals surface area (Å²) in [4.78, 5) is 11.1. The maximum absolute atomic E-state index is 13.6. The Morgan fingerprint density at radius 3 is 2.53 bits per heavy atom. The molecule has 94 valence electrons. The van der Waals surface area contributed by atoms with Gasteiger partial charge in [0.15, 0.2) is 0 Å². The summed E-state index contributed by atoms with van der Waals surface area (Å²) >= 11 is 0. The van der Waals surface area contributed by atoms with Crippen LogP contribution in [0.1, 0.15) is 13.8 Å². The Bertz CT molecular complexity index is 447. The number of rotatable bonds is 4. The van der Waals surface area contributed by atoms with E-state index in [2.05, 4.69) is 5.32 Å². The molecule has 5 nitrogen and oxygen atoms in total. The van der Waals surface area contributed by atoms with E-state index in [0.29, 0.717) is 5.75 Å². The van der Waals surface area contributed by atoms with Crippen LogP contribution in [-0.4, -0.2) is 18.6 Å². The molecule has 0 radical (unpaired) electrons. The second-order valence-electron chi connectivity index (χ2n) is 4.19. The van der Waals surface area contributed by atoms with E-state index in [4.69, 9.17) is 16.2 Å². The molecule has 5 N–H and O–H groups in total. The minimum absolute atomic E-state index is 0.111. The smallest absolute Gasteiger partial charge is 0.242 e. The molecule has 0 aliphatic rings. The van der Waals surface area contributed by atoms with Crippen LogP contribution in [0.25, 0.3) is 0 Å². The highest BCUT2D eigenvalue weighted by Gasteiger charge is 2.26. The highest BCUT2D eigenvalue weighted by Crippen LogP contribution is 2.29. The van der Waals surface area contributed by atoms with E-state index < -0.39 is 17.3 Å². The Morgan fingerprint density at radius 2 is 2.06 bits per heavy atom. The lowest BCUT2D eigenvalue weighted by Crippen LogP contribution is -2.45. The van der Waals surface area contributed by atoms with E-state index in [9.17, 15) is 9.18 Å². The SMILES string of the molecule is COc1cc(NC(C)(C)C(N)=O)c(F)cc1N. The molecular formula is C11H16FN3O2. The number of carbonyl (C=O) groups excluding carboxylic acids is 1. The van der Waals surface area contributed by atoms with Crippen molar-refractivity contribution in [1.29, 1.82) is 0 Å². The molecule has 1 aromatic rings. The first-order valence-electron chi connectivity index (χ1n) is 4.99. The number of nitrogens with two attached hydrogens (primary N) is 2. The number of amides is 1. The third kappa shape index (κ3) is 2.77. The van der Waals surface area contributed by atoms with Crippen LogP contribution in [-0.2, 0) is 4.79 Å². The maximum atomic E-state index is 13.6. The minimum atomic E-state index is -1.07. The molecule has 0 atom stereocenters. The molecule has 1 aromatic carbocycles. The summed E-state index contributed by atoms with van der Waals surface area (Å²) in [6, 6.07) is 2.51. The first kappa shape index (κ1) is 13.1. The third-order valence-electron chi connectivity index (χ3n) is 2.38. The van der Waals surface area contributed by atoms with Gasteiger partial charge in [-0.05, 0) is 13.8 Å². The fourth-order valence-corrected chi connectivity index (χ4v) is 1.24. The summed E-state index contributed by atoms with van der Waals surface area (Å²) in [7, 11) is 1.42. The maximum Gasteiger partial charge on any atom is 0.242 e. The van der Waals surface area contributed by atoms with Gasteiger partial charge in [-0.15, -0.1) is 0 Å². The van der Waals surface area contributed by atoms with Gasteiger partial charge in [0.05, 0.1) is 18.5 Å². The van der Waals surface area contributed by atoms with Crippen LogP contribution in [0.3, 0.4) is 0 Å². The fraction of sp³-hybridized carbons (Fsp3) is 0.364. The first-order chi connectivity index (χ1) is 7.77. The molecule has 1 rings (SSSR count). The third-order valence-corrected chi connectivity index (χ3v) is 2.38. The van der Waals surface area contributed by atoms with Crippen LogP contribution >= 0.6 is 0 Å². The Morgan fingerprint density at radius 1 is 1.47 bits per heavy atom. The minimum Gasteiger partial charge on any atom is -0.495 e. The number of nitrogens with one attached hydrogen (secondary N) is 1. The van der Waals surface area contributed by atoms with Crippen molar-refractivity contribution in [3.8, 4) is 5.75 Å². The molecule has 1 amide bonds. The predicted molar refractivity (Wildman–Crippen MR) is 64.3 cm³/mol. The number of primary amides is 1. The summed E-state index contributed by atoms with van der Waals surface area (Å²) in [5.74, 6) is -0.834. The standard InChI is InChI=1S/C11H16FN3O2/c1-11(2,10(14)16)15-8-5-9(17-3)7(13)4-6(8)12/h4-5,15H,13H2,1-3H3,(H2,14,16). The molecule has 0 aliphatic carbocycles. The zero-order valence-electron chi connectivity index (χ0n) is 10.0. The molecule has 0 heterocycles. The lowest BCUT2D eigenvalue weighted by molar-refractivity contribution is -0.121. The lowest BCUT2D eigenvalue weighted by Gasteiger charge is -2.24. The Balaban J connectivity index is 3.11. The van der Waals surface area contributed by atoms with Gasteiger partial charge < -0.3 is 21.5 Å². The van der Waals surface area contributed by atoms with Crippen molar-refractivity contribution in [2.45, 2.75) is 19.4 Å². The number of halogens is 1. The van der Waals surface area contributed by atoms with Gasteiger partial charge in [0.1, 0.15) is 17.1 Å². The van der Waals surface area contributed by atoms with Crippen molar-refractivity contribution in [3.63, 3.8) is 0 Å². The summed E-state index contributed by atoms with van der Waals surface area (Å²) < 4.78 is 18.6. The van der Waals surface area contributed by atoms with Gasteiger partial charge in [-0.25, -0.2) is 4.39 Å². The molecule has 0 saturated carbocycles. The average molecular weight is 241 g/mol. The van der Waals surface area contributed by atoms with Crippen LogP contribution in [0.2, 0.25) is 0 Å². The van der Waals surface area contributed by atoms with Crippen molar-refractivity contribution in [1.82, 2.24) is 0 Å². The Hall–Kier alpha value is -1.98. The highest BCUT2D eigenvalue weighted by atomic mass is 19.1. The van der Waals surface area contributed by atoms with Crippen molar-refractivity contribution >= 4 is 17.3 Å². The zero-order valence-corrected chi connectivity index (χ0v) is 10.0. The number of carbonyl (C=O) groups is 1. The lowest BCUT2D eigenvalue weighted by atomic mass is 10.0. The normalized spacial score (nSPS) is 11.1. The second-order valence-corrected chi connectivity index (χ2v) is 4.19. The number of benzene rings is 1. The number of nitrogen functional groups attached to an aromatic ring is 1. The molecule has 17 heavy (non-hydrogen) atoms. The Labute approximate surface area is 98.9 Å². The summed E-state index contributed by atoms with van der Waals surface area (Å²) in [6.07, 6.45) is 0. The zero-order chi connectivity index (χ0) is 13.2. The summed E-state index contributed by atoms with van der Waals surface area (Å²) in [5.41, 5.74) is 9.96. The quantitative estimate of drug-likeness (QED) is 0.688. The van der Waals surface area contributed by atoms with E-state index in [1.807, 2.05) is 0 Å². The van der Waals surface area contributed by atoms with Gasteiger partial charge in [-0.1, -0.05) is 0 Å². The van der Waals surface area contributed by atoms with Crippen molar-refractivity contribution in [2.75, 3.05) is 18.2 Å². The number of hydrogen-bond acceptors (Lipinski definition) is 4. The van der Waals surface area contributed by atoms with E-state index in [-0.39, 0.29) is 11.4 Å². The van der Waals surface area contributed by atoms with E-state index in [0.717, 1.165) is 6.07 Å². The van der Waals surface area contributed by atoms with Gasteiger partial charge in [-0.3, -0.25) is 4.79 Å². The van der Waals surface area contributed by atoms with Crippen LogP contribution in [0.5, 0.6) is 5.75 Å². The summed E-state index contributed by atoms with van der Waals surface area (Å²) in [5, 5.41) is 2.70. The largest absolute Gasteiger partial charge is 0.495 e. The van der Waals surface area contributed by atoms with Crippen molar-refractivity contribution < 1.29 is 13.9 Å². The van der Waals surface area contributed by atoms with Gasteiger partial charge in [0, 0.05) is 12.1 Å². The number of hydrogen-bond donors (Lipinski definition) is 3. The van der Waals surface area contributed by atoms with Gasteiger partial charge in [-0.2, -0.15) is 0 Å². The molecular weight excluding hydrogens is 225 g/mol. The molecule has 0 aromatic heterocycles. The molecule has 0 saturated heterocycles. The summed E-state index contributed by atoms with van der Waals surface area (Å²) in [6.45, 7) is 3.11.